The van der Waals surface area contributed by atoms with Crippen molar-refractivity contribution in [2.45, 2.75) is 58.5 Å². The van der Waals surface area contributed by atoms with Gasteiger partial charge in [-0.05, 0) is 91.8 Å². The van der Waals surface area contributed by atoms with Gasteiger partial charge in [-0.25, -0.2) is 0 Å². The van der Waals surface area contributed by atoms with Crippen LogP contribution >= 0.6 is 0 Å². The molecule has 2 amide bonds. The maximum atomic E-state index is 13.9. The summed E-state index contributed by atoms with van der Waals surface area (Å²) in [5.74, 6) is -2.25. The molecule has 0 saturated carbocycles. The van der Waals surface area contributed by atoms with E-state index < -0.39 is 23.9 Å². The fourth-order valence-electron chi connectivity index (χ4n) is 6.81. The number of benzene rings is 3. The van der Waals surface area contributed by atoms with Crippen molar-refractivity contribution in [3.05, 3.63) is 101 Å². The maximum absolute atomic E-state index is 13.9. The topological polar surface area (TPSA) is 110 Å². The molecule has 0 radical (unpaired) electrons. The highest BCUT2D eigenvalue weighted by molar-refractivity contribution is 6.22. The number of hydrogen-bond acceptors (Lipinski definition) is 6. The molecule has 5 rings (SSSR count). The number of anilines is 3. The minimum Gasteiger partial charge on any atom is -0.508 e. The molecule has 3 aromatic carbocycles. The van der Waals surface area contributed by atoms with Crippen molar-refractivity contribution in [3.63, 3.8) is 0 Å². The Balaban J connectivity index is 1.36. The molecular weight excluding hydrogens is 552 g/mol. The van der Waals surface area contributed by atoms with Gasteiger partial charge >= 0.3 is 0 Å². The summed E-state index contributed by atoms with van der Waals surface area (Å²) < 4.78 is 0. The number of aliphatic hydroxyl groups excluding tert-OH is 2. The molecule has 4 N–H and O–H groups in total. The summed E-state index contributed by atoms with van der Waals surface area (Å²) in [6.45, 7) is 3.81. The minimum atomic E-state index is -0.839. The highest BCUT2D eigenvalue weighted by Gasteiger charge is 2.55. The Morgan fingerprint density at radius 2 is 1.70 bits per heavy atom. The fourth-order valence-corrected chi connectivity index (χ4v) is 6.81. The first kappa shape index (κ1) is 31.2. The number of nitrogens with zero attached hydrogens (tertiary/aromatic N) is 1. The van der Waals surface area contributed by atoms with Gasteiger partial charge in [-0.3, -0.25) is 14.5 Å². The van der Waals surface area contributed by atoms with E-state index in [-0.39, 0.29) is 24.2 Å². The van der Waals surface area contributed by atoms with Gasteiger partial charge in [-0.15, -0.1) is 0 Å². The van der Waals surface area contributed by atoms with Gasteiger partial charge in [0, 0.05) is 17.3 Å². The lowest BCUT2D eigenvalue weighted by Gasteiger charge is -2.36. The van der Waals surface area contributed by atoms with Crippen molar-refractivity contribution in [1.82, 2.24) is 0 Å². The third-order valence-electron chi connectivity index (χ3n) is 8.91. The van der Waals surface area contributed by atoms with E-state index in [1.165, 1.54) is 4.90 Å². The van der Waals surface area contributed by atoms with E-state index in [2.05, 4.69) is 19.2 Å². The Morgan fingerprint density at radius 3 is 2.36 bits per heavy atom. The predicted molar refractivity (Wildman–Crippen MR) is 174 cm³/mol. The number of phenolic OH excluding ortho intramolecular Hbond substituents is 1. The van der Waals surface area contributed by atoms with Crippen LogP contribution in [0.4, 0.5) is 17.1 Å². The summed E-state index contributed by atoms with van der Waals surface area (Å²) in [5, 5.41) is 35.4. The third kappa shape index (κ3) is 6.64. The largest absolute Gasteiger partial charge is 0.508 e. The van der Waals surface area contributed by atoms with Gasteiger partial charge < -0.3 is 20.6 Å². The second-order valence-electron chi connectivity index (χ2n) is 11.8. The molecule has 0 bridgehead atoms. The van der Waals surface area contributed by atoms with Crippen molar-refractivity contribution in [1.29, 1.82) is 0 Å². The molecule has 7 heteroatoms. The molecule has 1 saturated heterocycles. The second kappa shape index (κ2) is 14.1. The summed E-state index contributed by atoms with van der Waals surface area (Å²) in [5.41, 5.74) is 6.03. The summed E-state index contributed by atoms with van der Waals surface area (Å²) in [4.78, 5) is 29.0. The number of rotatable bonds is 12. The molecule has 230 valence electrons. The van der Waals surface area contributed by atoms with Crippen LogP contribution < -0.4 is 10.2 Å². The molecule has 4 atom stereocenters. The van der Waals surface area contributed by atoms with E-state index in [4.69, 9.17) is 0 Å². The van der Waals surface area contributed by atoms with Crippen molar-refractivity contribution in [2.75, 3.05) is 16.8 Å². The summed E-state index contributed by atoms with van der Waals surface area (Å²) in [7, 11) is 0. The highest BCUT2D eigenvalue weighted by Crippen LogP contribution is 2.48. The van der Waals surface area contributed by atoms with Crippen LogP contribution in [0, 0.1) is 17.8 Å². The Labute approximate surface area is 259 Å². The fraction of sp³-hybridized carbons (Fsp3) is 0.351. The van der Waals surface area contributed by atoms with E-state index in [9.17, 15) is 24.9 Å². The van der Waals surface area contributed by atoms with E-state index in [1.807, 2.05) is 54.6 Å². The molecule has 0 aromatic heterocycles. The molecule has 0 unspecified atom stereocenters. The number of imide groups is 1. The standard InChI is InChI=1S/C37H42N2O5/c1-3-9-26-22-31-35(32(23-40)34(26)33(42)19-14-24(4-2)20-25-10-8-13-30(41)21-25)37(44)39(36(31)43)29-17-15-28(16-18-29)38-27-11-6-5-7-12-27/h5-8,10-13,15-18,20-21,31-33,35,38,40-42H,3-4,9,14,19,22-23H2,1-2H3/b24-20+/t31-,32+,33-,35-/m1/s1. The molecule has 1 heterocycles. The van der Waals surface area contributed by atoms with Gasteiger partial charge in [0.1, 0.15) is 5.75 Å². The Kier molecular flexibility index (Phi) is 9.98. The lowest BCUT2D eigenvalue weighted by Crippen LogP contribution is -2.39. The average molecular weight is 595 g/mol. The maximum Gasteiger partial charge on any atom is 0.238 e. The zero-order chi connectivity index (χ0) is 31.2. The Hall–Kier alpha value is -4.20. The monoisotopic (exact) mass is 594 g/mol. The van der Waals surface area contributed by atoms with Crippen molar-refractivity contribution in [3.8, 4) is 5.75 Å². The normalized spacial score (nSPS) is 21.0. The number of aliphatic hydroxyl groups is 2. The number of carbonyl (C=O) groups is 2. The zero-order valence-electron chi connectivity index (χ0n) is 25.4. The number of carbonyl (C=O) groups excluding carboxylic acids is 2. The van der Waals surface area contributed by atoms with Crippen LogP contribution in [0.25, 0.3) is 6.08 Å². The van der Waals surface area contributed by atoms with Crippen molar-refractivity contribution < 1.29 is 24.9 Å². The summed E-state index contributed by atoms with van der Waals surface area (Å²) in [6, 6.07) is 24.1. The Bertz CT molecular complexity index is 1530. The summed E-state index contributed by atoms with van der Waals surface area (Å²) in [6.07, 6.45) is 5.00. The van der Waals surface area contributed by atoms with E-state index in [1.54, 1.807) is 30.3 Å². The SMILES string of the molecule is CCCC1=C([C@H](O)CC/C(=C/c2cccc(O)c2)CC)[C@H](CO)[C@@H]2C(=O)N(c3ccc(Nc4ccccc4)cc3)C(=O)[C@@H]2C1. The molecule has 1 aliphatic carbocycles. The molecule has 44 heavy (non-hydrogen) atoms. The lowest BCUT2D eigenvalue weighted by molar-refractivity contribution is -0.123. The van der Waals surface area contributed by atoms with Crippen LogP contribution in [0.5, 0.6) is 5.75 Å². The van der Waals surface area contributed by atoms with Crippen LogP contribution in [-0.4, -0.2) is 39.8 Å². The lowest BCUT2D eigenvalue weighted by atomic mass is 9.67. The first-order valence-corrected chi connectivity index (χ1v) is 15.6. The number of allylic oxidation sites excluding steroid dienone is 2. The summed E-state index contributed by atoms with van der Waals surface area (Å²) >= 11 is 0. The molecule has 7 nitrogen and oxygen atoms in total. The number of fused-ring (bicyclic) bond motifs is 1. The minimum absolute atomic E-state index is 0.204. The number of amides is 2. The predicted octanol–water partition coefficient (Wildman–Crippen LogP) is 6.99. The van der Waals surface area contributed by atoms with Gasteiger partial charge in [0.05, 0.1) is 30.2 Å². The second-order valence-corrected chi connectivity index (χ2v) is 11.8. The Morgan fingerprint density at radius 1 is 0.977 bits per heavy atom. The van der Waals surface area contributed by atoms with Gasteiger partial charge in [0.15, 0.2) is 0 Å². The third-order valence-corrected chi connectivity index (χ3v) is 8.91. The smallest absolute Gasteiger partial charge is 0.238 e. The van der Waals surface area contributed by atoms with Crippen LogP contribution in [0.2, 0.25) is 0 Å². The quantitative estimate of drug-likeness (QED) is 0.133. The van der Waals surface area contributed by atoms with Crippen LogP contribution in [0.3, 0.4) is 0 Å². The van der Waals surface area contributed by atoms with Crippen LogP contribution in [0.1, 0.15) is 57.9 Å². The molecule has 2 aliphatic rings. The van der Waals surface area contributed by atoms with Gasteiger partial charge in [0.2, 0.25) is 11.8 Å². The molecule has 0 spiro atoms. The number of nitrogens with one attached hydrogen (secondary N) is 1. The molecular formula is C37H42N2O5. The van der Waals surface area contributed by atoms with Gasteiger partial charge in [-0.1, -0.05) is 67.8 Å². The zero-order valence-corrected chi connectivity index (χ0v) is 25.4. The molecule has 1 fully saturated rings. The average Bonchev–Trinajstić information content (AvgIpc) is 3.28. The highest BCUT2D eigenvalue weighted by atomic mass is 16.3. The van der Waals surface area contributed by atoms with E-state index in [0.29, 0.717) is 31.4 Å². The van der Waals surface area contributed by atoms with Crippen LogP contribution in [-0.2, 0) is 9.59 Å². The number of para-hydroxylation sites is 1. The first-order chi connectivity index (χ1) is 21.3. The van der Waals surface area contributed by atoms with E-state index >= 15 is 0 Å². The first-order valence-electron chi connectivity index (χ1n) is 15.6. The van der Waals surface area contributed by atoms with Crippen LogP contribution in [0.15, 0.2) is 95.6 Å². The van der Waals surface area contributed by atoms with E-state index in [0.717, 1.165) is 46.5 Å². The van der Waals surface area contributed by atoms with Gasteiger partial charge in [0.25, 0.3) is 0 Å². The molecule has 3 aromatic rings. The van der Waals surface area contributed by atoms with Crippen molar-refractivity contribution >= 4 is 35.0 Å². The number of phenols is 1. The number of hydrogen-bond donors (Lipinski definition) is 4. The van der Waals surface area contributed by atoms with Gasteiger partial charge in [-0.2, -0.15) is 0 Å². The molecule has 1 aliphatic heterocycles. The van der Waals surface area contributed by atoms with Crippen molar-refractivity contribution in [2.24, 2.45) is 17.8 Å². The number of aromatic hydroxyl groups is 1.